The van der Waals surface area contributed by atoms with E-state index < -0.39 is 0 Å². The summed E-state index contributed by atoms with van der Waals surface area (Å²) in [6.45, 7) is 7.84. The number of hydrogen-bond acceptors (Lipinski definition) is 3. The molecule has 5 nitrogen and oxygen atoms in total. The Morgan fingerprint density at radius 2 is 1.84 bits per heavy atom. The van der Waals surface area contributed by atoms with E-state index >= 15 is 0 Å². The molecular weight excluding hydrogens is 312 g/mol. The summed E-state index contributed by atoms with van der Waals surface area (Å²) >= 11 is 0. The van der Waals surface area contributed by atoms with E-state index in [4.69, 9.17) is 4.74 Å². The van der Waals surface area contributed by atoms with Crippen LogP contribution in [0.25, 0.3) is 0 Å². The van der Waals surface area contributed by atoms with Gasteiger partial charge in [0, 0.05) is 20.1 Å². The highest BCUT2D eigenvalue weighted by Crippen LogP contribution is 2.19. The van der Waals surface area contributed by atoms with E-state index in [1.807, 2.05) is 19.2 Å². The van der Waals surface area contributed by atoms with Gasteiger partial charge >= 0.3 is 0 Å². The van der Waals surface area contributed by atoms with Gasteiger partial charge in [-0.1, -0.05) is 19.1 Å². The Labute approximate surface area is 152 Å². The molecule has 25 heavy (non-hydrogen) atoms. The number of rotatable bonds is 8. The second kappa shape index (κ2) is 11.0. The average Bonchev–Trinajstić information content (AvgIpc) is 2.67. The number of piperidine rings is 1. The van der Waals surface area contributed by atoms with Gasteiger partial charge in [-0.25, -0.2) is 0 Å². The second-order valence-electron chi connectivity index (χ2n) is 6.69. The molecule has 1 aromatic carbocycles. The molecule has 0 aromatic heterocycles. The first-order chi connectivity index (χ1) is 12.2. The summed E-state index contributed by atoms with van der Waals surface area (Å²) in [5.74, 6) is 2.66. The van der Waals surface area contributed by atoms with Crippen LogP contribution in [0, 0.1) is 5.92 Å². The lowest BCUT2D eigenvalue weighted by Crippen LogP contribution is -2.40. The molecule has 0 bridgehead atoms. The highest BCUT2D eigenvalue weighted by Gasteiger charge is 2.17. The summed E-state index contributed by atoms with van der Waals surface area (Å²) in [6.07, 6.45) is 4.87. The molecule has 0 radical (unpaired) electrons. The molecule has 0 atom stereocenters. The SMILES string of the molecule is CCN1CCC(CCNC(=NC)NCCc2ccc(OC)cc2)CC1. The van der Waals surface area contributed by atoms with E-state index in [1.165, 1.54) is 44.5 Å². The molecule has 0 aliphatic carbocycles. The van der Waals surface area contributed by atoms with Crippen molar-refractivity contribution in [2.24, 2.45) is 10.9 Å². The Hall–Kier alpha value is -1.75. The number of methoxy groups -OCH3 is 1. The van der Waals surface area contributed by atoms with Crippen LogP contribution < -0.4 is 15.4 Å². The van der Waals surface area contributed by atoms with Gasteiger partial charge in [-0.3, -0.25) is 4.99 Å². The number of aliphatic imine (C=N–C) groups is 1. The summed E-state index contributed by atoms with van der Waals surface area (Å²) in [5, 5.41) is 6.85. The second-order valence-corrected chi connectivity index (χ2v) is 6.69. The van der Waals surface area contributed by atoms with Crippen molar-refractivity contribution in [3.05, 3.63) is 29.8 Å². The number of likely N-dealkylation sites (tertiary alicyclic amines) is 1. The van der Waals surface area contributed by atoms with Gasteiger partial charge in [-0.05, 0) is 68.9 Å². The molecular formula is C20H34N4O. The molecule has 0 unspecified atom stereocenters. The molecule has 1 aromatic rings. The Morgan fingerprint density at radius 3 is 2.44 bits per heavy atom. The van der Waals surface area contributed by atoms with Gasteiger partial charge in [0.15, 0.2) is 5.96 Å². The van der Waals surface area contributed by atoms with Crippen molar-refractivity contribution in [3.63, 3.8) is 0 Å². The zero-order chi connectivity index (χ0) is 17.9. The maximum Gasteiger partial charge on any atom is 0.190 e. The third-order valence-corrected chi connectivity index (χ3v) is 5.09. The van der Waals surface area contributed by atoms with Crippen molar-refractivity contribution in [1.82, 2.24) is 15.5 Å². The molecule has 5 heteroatoms. The van der Waals surface area contributed by atoms with Crippen molar-refractivity contribution in [2.75, 3.05) is 46.9 Å². The first-order valence-corrected chi connectivity index (χ1v) is 9.55. The molecule has 1 fully saturated rings. The lowest BCUT2D eigenvalue weighted by Gasteiger charge is -2.31. The van der Waals surface area contributed by atoms with Gasteiger partial charge in [0.2, 0.25) is 0 Å². The van der Waals surface area contributed by atoms with E-state index in [1.54, 1.807) is 7.11 Å². The van der Waals surface area contributed by atoms with Crippen molar-refractivity contribution in [3.8, 4) is 5.75 Å². The van der Waals surface area contributed by atoms with E-state index in [9.17, 15) is 0 Å². The predicted molar refractivity (Wildman–Crippen MR) is 106 cm³/mol. The molecule has 0 spiro atoms. The van der Waals surface area contributed by atoms with E-state index in [-0.39, 0.29) is 0 Å². The fourth-order valence-electron chi connectivity index (χ4n) is 3.32. The van der Waals surface area contributed by atoms with Gasteiger partial charge in [0.25, 0.3) is 0 Å². The standard InChI is InChI=1S/C20H34N4O/c1-4-24-15-11-18(12-16-24)10-14-23-20(21-2)22-13-9-17-5-7-19(25-3)8-6-17/h5-8,18H,4,9-16H2,1-3H3,(H2,21,22,23). The Balaban J connectivity index is 1.60. The maximum atomic E-state index is 5.19. The van der Waals surface area contributed by atoms with Crippen LogP contribution in [-0.4, -0.2) is 57.7 Å². The Kier molecular flexibility index (Phi) is 8.60. The number of ether oxygens (including phenoxy) is 1. The summed E-state index contributed by atoms with van der Waals surface area (Å²) < 4.78 is 5.19. The number of hydrogen-bond donors (Lipinski definition) is 2. The zero-order valence-electron chi connectivity index (χ0n) is 16.1. The normalized spacial score (nSPS) is 16.7. The van der Waals surface area contributed by atoms with Crippen LogP contribution in [0.5, 0.6) is 5.75 Å². The highest BCUT2D eigenvalue weighted by molar-refractivity contribution is 5.79. The van der Waals surface area contributed by atoms with E-state index in [0.717, 1.165) is 37.1 Å². The minimum absolute atomic E-state index is 0.854. The molecule has 0 saturated carbocycles. The number of benzene rings is 1. The fourth-order valence-corrected chi connectivity index (χ4v) is 3.32. The summed E-state index contributed by atoms with van der Waals surface area (Å²) in [6, 6.07) is 8.23. The van der Waals surface area contributed by atoms with E-state index in [0.29, 0.717) is 0 Å². The molecule has 1 aliphatic rings. The minimum atomic E-state index is 0.854. The third kappa shape index (κ3) is 6.94. The topological polar surface area (TPSA) is 48.9 Å². The molecule has 140 valence electrons. The first-order valence-electron chi connectivity index (χ1n) is 9.55. The highest BCUT2D eigenvalue weighted by atomic mass is 16.5. The number of guanidine groups is 1. The van der Waals surface area contributed by atoms with Crippen LogP contribution in [0.2, 0.25) is 0 Å². The zero-order valence-corrected chi connectivity index (χ0v) is 16.1. The fraction of sp³-hybridized carbons (Fsp3) is 0.650. The number of nitrogens with zero attached hydrogens (tertiary/aromatic N) is 2. The van der Waals surface area contributed by atoms with Crippen molar-refractivity contribution in [2.45, 2.75) is 32.6 Å². The quantitative estimate of drug-likeness (QED) is 0.561. The van der Waals surface area contributed by atoms with Crippen LogP contribution in [0.3, 0.4) is 0 Å². The average molecular weight is 347 g/mol. The summed E-state index contributed by atoms with van der Waals surface area (Å²) in [5.41, 5.74) is 1.30. The smallest absolute Gasteiger partial charge is 0.190 e. The first kappa shape index (κ1) is 19.6. The summed E-state index contributed by atoms with van der Waals surface area (Å²) in [7, 11) is 3.53. The maximum absolute atomic E-state index is 5.19. The van der Waals surface area contributed by atoms with Crippen LogP contribution in [-0.2, 0) is 6.42 Å². The van der Waals surface area contributed by atoms with Crippen molar-refractivity contribution >= 4 is 5.96 Å². The lowest BCUT2D eigenvalue weighted by atomic mass is 9.93. The van der Waals surface area contributed by atoms with Gasteiger partial charge in [0.1, 0.15) is 5.75 Å². The van der Waals surface area contributed by atoms with Crippen LogP contribution in [0.1, 0.15) is 31.7 Å². The van der Waals surface area contributed by atoms with Crippen molar-refractivity contribution < 1.29 is 4.74 Å². The van der Waals surface area contributed by atoms with Crippen LogP contribution >= 0.6 is 0 Å². The lowest BCUT2D eigenvalue weighted by molar-refractivity contribution is 0.187. The monoisotopic (exact) mass is 346 g/mol. The molecule has 1 aliphatic heterocycles. The molecule has 1 saturated heterocycles. The van der Waals surface area contributed by atoms with Gasteiger partial charge in [-0.2, -0.15) is 0 Å². The third-order valence-electron chi connectivity index (χ3n) is 5.09. The number of nitrogens with one attached hydrogen (secondary N) is 2. The van der Waals surface area contributed by atoms with Crippen LogP contribution in [0.15, 0.2) is 29.3 Å². The van der Waals surface area contributed by atoms with Crippen LogP contribution in [0.4, 0.5) is 0 Å². The Morgan fingerprint density at radius 1 is 1.16 bits per heavy atom. The van der Waals surface area contributed by atoms with E-state index in [2.05, 4.69) is 39.6 Å². The minimum Gasteiger partial charge on any atom is -0.497 e. The molecule has 2 N–H and O–H groups in total. The molecule has 0 amide bonds. The van der Waals surface area contributed by atoms with Crippen molar-refractivity contribution in [1.29, 1.82) is 0 Å². The molecule has 2 rings (SSSR count). The Bertz CT molecular complexity index is 507. The van der Waals surface area contributed by atoms with Gasteiger partial charge < -0.3 is 20.3 Å². The van der Waals surface area contributed by atoms with Gasteiger partial charge in [0.05, 0.1) is 7.11 Å². The molecule has 1 heterocycles. The van der Waals surface area contributed by atoms with Gasteiger partial charge in [-0.15, -0.1) is 0 Å². The summed E-state index contributed by atoms with van der Waals surface area (Å²) in [4.78, 5) is 6.87. The largest absolute Gasteiger partial charge is 0.497 e. The predicted octanol–water partition coefficient (Wildman–Crippen LogP) is 2.52.